The minimum atomic E-state index is -2.74. The molecule has 0 atom stereocenters. The molecule has 0 aliphatic rings. The molecule has 0 spiro atoms. The number of alkyl halides is 2. The molecule has 0 radical (unpaired) electrons. The van der Waals surface area contributed by atoms with E-state index in [1.165, 1.54) is 36.7 Å². The van der Waals surface area contributed by atoms with Gasteiger partial charge in [0.1, 0.15) is 6.33 Å². The number of nitrogens with one attached hydrogen (secondary N) is 1. The number of nitrogens with zero attached hydrogens (tertiary/aromatic N) is 4. The van der Waals surface area contributed by atoms with Gasteiger partial charge in [0, 0.05) is 18.7 Å². The molecule has 13 heteroatoms. The number of aromatic nitrogens is 3. The van der Waals surface area contributed by atoms with Crippen LogP contribution in [0.1, 0.15) is 10.4 Å². The van der Waals surface area contributed by atoms with Crippen LogP contribution in [0.5, 0.6) is 0 Å². The predicted molar refractivity (Wildman–Crippen MR) is 109 cm³/mol. The van der Waals surface area contributed by atoms with Crippen LogP contribution in [0.25, 0.3) is 0 Å². The molecule has 2 aromatic carbocycles. The second-order valence-corrected chi connectivity index (χ2v) is 8.13. The number of carbonyl (C=O) groups excluding carboxylic acids is 1. The molecule has 0 fully saturated rings. The lowest BCUT2D eigenvalue weighted by molar-refractivity contribution is -0.387. The fourth-order valence-corrected chi connectivity index (χ4v) is 4.12. The highest BCUT2D eigenvalue weighted by Gasteiger charge is 2.21. The number of thioether (sulfide) groups is 1. The Morgan fingerprint density at radius 2 is 2.10 bits per heavy atom. The van der Waals surface area contributed by atoms with E-state index in [9.17, 15) is 23.7 Å². The molecule has 30 heavy (non-hydrogen) atoms. The Bertz CT molecular complexity index is 1110. The van der Waals surface area contributed by atoms with Crippen molar-refractivity contribution in [3.8, 4) is 0 Å². The van der Waals surface area contributed by atoms with Crippen molar-refractivity contribution >= 4 is 52.4 Å². The SMILES string of the molecule is Cn1cnnc1Sc1ccc(C(=O)Nc2cccc(Cl)c2SC(F)F)cc1[N+](=O)[O-]. The van der Waals surface area contributed by atoms with Gasteiger partial charge >= 0.3 is 0 Å². The van der Waals surface area contributed by atoms with E-state index in [4.69, 9.17) is 11.6 Å². The highest BCUT2D eigenvalue weighted by molar-refractivity contribution is 8.00. The third-order valence-corrected chi connectivity index (χ3v) is 6.11. The molecule has 3 aromatic rings. The number of amides is 1. The van der Waals surface area contributed by atoms with Crippen LogP contribution < -0.4 is 5.32 Å². The van der Waals surface area contributed by atoms with Crippen molar-refractivity contribution in [2.45, 2.75) is 20.7 Å². The lowest BCUT2D eigenvalue weighted by Crippen LogP contribution is -2.13. The Balaban J connectivity index is 1.89. The van der Waals surface area contributed by atoms with E-state index in [1.807, 2.05) is 0 Å². The normalized spacial score (nSPS) is 11.0. The summed E-state index contributed by atoms with van der Waals surface area (Å²) < 4.78 is 27.2. The van der Waals surface area contributed by atoms with Crippen LogP contribution in [0.2, 0.25) is 5.02 Å². The number of nitro groups is 1. The van der Waals surface area contributed by atoms with E-state index >= 15 is 0 Å². The molecule has 8 nitrogen and oxygen atoms in total. The summed E-state index contributed by atoms with van der Waals surface area (Å²) in [5.74, 6) is -3.44. The summed E-state index contributed by atoms with van der Waals surface area (Å²) in [4.78, 5) is 23.8. The number of hydrogen-bond acceptors (Lipinski definition) is 7. The van der Waals surface area contributed by atoms with Gasteiger partial charge in [0.15, 0.2) is 5.16 Å². The van der Waals surface area contributed by atoms with Crippen molar-refractivity contribution in [3.63, 3.8) is 0 Å². The van der Waals surface area contributed by atoms with Crippen LogP contribution in [0.3, 0.4) is 0 Å². The number of benzene rings is 2. The number of aryl methyl sites for hydroxylation is 1. The van der Waals surface area contributed by atoms with Crippen molar-refractivity contribution in [2.24, 2.45) is 7.05 Å². The Morgan fingerprint density at radius 1 is 1.33 bits per heavy atom. The second kappa shape index (κ2) is 9.41. The standard InChI is InChI=1S/C17H12ClF2N5O3S2/c1-24-8-21-23-17(24)29-13-6-5-9(7-12(13)25(27)28)15(26)22-11-4-2-3-10(18)14(11)30-16(19)20/h2-8,16H,1H3,(H,22,26). The fraction of sp³-hybridized carbons (Fsp3) is 0.118. The first kappa shape index (κ1) is 22.0. The number of halogens is 3. The zero-order chi connectivity index (χ0) is 21.8. The van der Waals surface area contributed by atoms with Gasteiger partial charge < -0.3 is 9.88 Å². The van der Waals surface area contributed by atoms with Gasteiger partial charge in [-0.1, -0.05) is 29.4 Å². The molecule has 1 N–H and O–H groups in total. The molecule has 0 saturated carbocycles. The van der Waals surface area contributed by atoms with E-state index < -0.39 is 16.6 Å². The van der Waals surface area contributed by atoms with E-state index in [0.717, 1.165) is 17.8 Å². The first-order valence-electron chi connectivity index (χ1n) is 8.11. The van der Waals surface area contributed by atoms with E-state index in [1.54, 1.807) is 11.6 Å². The van der Waals surface area contributed by atoms with Gasteiger partial charge in [0.25, 0.3) is 17.4 Å². The van der Waals surface area contributed by atoms with Gasteiger partial charge in [-0.25, -0.2) is 0 Å². The molecule has 0 aliphatic carbocycles. The minimum Gasteiger partial charge on any atom is -0.321 e. The van der Waals surface area contributed by atoms with Gasteiger partial charge in [0.05, 0.1) is 25.4 Å². The second-order valence-electron chi connectivity index (χ2n) is 5.72. The summed E-state index contributed by atoms with van der Waals surface area (Å²) in [5.41, 5.74) is -0.237. The minimum absolute atomic E-state index is 0.00599. The summed E-state index contributed by atoms with van der Waals surface area (Å²) in [5, 5.41) is 22.0. The van der Waals surface area contributed by atoms with E-state index in [0.29, 0.717) is 5.16 Å². The van der Waals surface area contributed by atoms with Gasteiger partial charge in [-0.2, -0.15) is 8.78 Å². The van der Waals surface area contributed by atoms with E-state index in [-0.39, 0.29) is 43.5 Å². The summed E-state index contributed by atoms with van der Waals surface area (Å²) >= 11 is 7.18. The highest BCUT2D eigenvalue weighted by Crippen LogP contribution is 2.38. The van der Waals surface area contributed by atoms with Crippen molar-refractivity contribution in [1.82, 2.24) is 14.8 Å². The molecule has 0 aliphatic heterocycles. The highest BCUT2D eigenvalue weighted by atomic mass is 35.5. The molecule has 1 amide bonds. The summed E-state index contributed by atoms with van der Waals surface area (Å²) in [6, 6.07) is 8.26. The molecule has 1 heterocycles. The maximum Gasteiger partial charge on any atom is 0.289 e. The molecular weight excluding hydrogens is 460 g/mol. The molecule has 1 aromatic heterocycles. The van der Waals surface area contributed by atoms with Crippen LogP contribution in [-0.2, 0) is 7.05 Å². The zero-order valence-electron chi connectivity index (χ0n) is 15.1. The van der Waals surface area contributed by atoms with Gasteiger partial charge in [-0.3, -0.25) is 14.9 Å². The Labute approximate surface area is 182 Å². The quantitative estimate of drug-likeness (QED) is 0.290. The number of hydrogen-bond donors (Lipinski definition) is 1. The maximum absolute atomic E-state index is 12.8. The molecule has 3 rings (SSSR count). The largest absolute Gasteiger partial charge is 0.321 e. The van der Waals surface area contributed by atoms with Crippen LogP contribution in [0, 0.1) is 10.1 Å². The molecule has 0 saturated heterocycles. The first-order chi connectivity index (χ1) is 14.3. The maximum atomic E-state index is 12.8. The number of rotatable bonds is 7. The van der Waals surface area contributed by atoms with Gasteiger partial charge in [-0.15, -0.1) is 10.2 Å². The topological polar surface area (TPSA) is 103 Å². The van der Waals surface area contributed by atoms with Crippen LogP contribution in [-0.4, -0.2) is 31.4 Å². The third kappa shape index (κ3) is 5.07. The van der Waals surface area contributed by atoms with Crippen LogP contribution in [0.4, 0.5) is 20.2 Å². The third-order valence-electron chi connectivity index (χ3n) is 3.71. The van der Waals surface area contributed by atoms with Crippen molar-refractivity contribution < 1.29 is 18.5 Å². The molecule has 0 unspecified atom stereocenters. The Morgan fingerprint density at radius 3 is 2.73 bits per heavy atom. The average molecular weight is 472 g/mol. The van der Waals surface area contributed by atoms with Crippen molar-refractivity contribution in [2.75, 3.05) is 5.32 Å². The molecule has 156 valence electrons. The number of carbonyl (C=O) groups is 1. The molecule has 0 bridgehead atoms. The number of nitro benzene ring substituents is 1. The Kier molecular flexibility index (Phi) is 6.90. The predicted octanol–water partition coefficient (Wildman–Crippen LogP) is 5.09. The summed E-state index contributed by atoms with van der Waals surface area (Å²) in [7, 11) is 1.69. The smallest absolute Gasteiger partial charge is 0.289 e. The van der Waals surface area contributed by atoms with Crippen LogP contribution in [0.15, 0.2) is 57.7 Å². The van der Waals surface area contributed by atoms with Crippen molar-refractivity contribution in [1.29, 1.82) is 0 Å². The van der Waals surface area contributed by atoms with E-state index in [2.05, 4.69) is 15.5 Å². The van der Waals surface area contributed by atoms with Crippen molar-refractivity contribution in [3.05, 3.63) is 63.4 Å². The number of anilines is 1. The Hall–Kier alpha value is -2.70. The first-order valence-corrected chi connectivity index (χ1v) is 10.2. The molecular formula is C17H12ClF2N5O3S2. The average Bonchev–Trinajstić information content (AvgIpc) is 3.09. The van der Waals surface area contributed by atoms with Crippen LogP contribution >= 0.6 is 35.1 Å². The lowest BCUT2D eigenvalue weighted by Gasteiger charge is -2.12. The monoisotopic (exact) mass is 471 g/mol. The lowest BCUT2D eigenvalue weighted by atomic mass is 10.2. The summed E-state index contributed by atoms with van der Waals surface area (Å²) in [6.45, 7) is 0. The summed E-state index contributed by atoms with van der Waals surface area (Å²) in [6.07, 6.45) is 1.45. The van der Waals surface area contributed by atoms with Gasteiger partial charge in [-0.05, 0) is 36.0 Å². The fourth-order valence-electron chi connectivity index (χ4n) is 2.36. The van der Waals surface area contributed by atoms with Gasteiger partial charge in [0.2, 0.25) is 0 Å². The zero-order valence-corrected chi connectivity index (χ0v) is 17.5.